The van der Waals surface area contributed by atoms with Gasteiger partial charge in [0.2, 0.25) is 5.95 Å². The standard InChI is InChI=1S/C20H22N8O3S/c29-18-16(32-20(30)25-18)9-14-10-17(27-5-7-31-8-6-27)24-19(23-14)28-3-1-26(2-4-28)15-11-21-13-22-12-15/h9-13H,1-8H2,(H,25,29,30)/b16-9+. The zero-order valence-electron chi connectivity index (χ0n) is 17.3. The third-order valence-electron chi connectivity index (χ3n) is 5.45. The lowest BCUT2D eigenvalue weighted by molar-refractivity contribution is -0.115. The lowest BCUT2D eigenvalue weighted by Gasteiger charge is -2.36. The number of rotatable bonds is 4. The maximum atomic E-state index is 12.0. The maximum absolute atomic E-state index is 12.0. The van der Waals surface area contributed by atoms with E-state index < -0.39 is 5.91 Å². The molecule has 5 heterocycles. The SMILES string of the molecule is O=C1NC(=O)/C(=C\c2cc(N3CCOCC3)nc(N3CCN(c4cncnc4)CC3)n2)S1. The number of morpholine rings is 1. The fourth-order valence-electron chi connectivity index (χ4n) is 3.78. The zero-order chi connectivity index (χ0) is 21.9. The van der Waals surface area contributed by atoms with Gasteiger partial charge in [-0.15, -0.1) is 0 Å². The Hall–Kier alpha value is -3.25. The van der Waals surface area contributed by atoms with Gasteiger partial charge in [-0.2, -0.15) is 4.98 Å². The first-order valence-corrected chi connectivity index (χ1v) is 11.2. The smallest absolute Gasteiger partial charge is 0.290 e. The van der Waals surface area contributed by atoms with Gasteiger partial charge in [-0.3, -0.25) is 14.9 Å². The molecule has 3 saturated heterocycles. The molecule has 0 atom stereocenters. The summed E-state index contributed by atoms with van der Waals surface area (Å²) < 4.78 is 5.47. The number of piperazine rings is 1. The number of thioether (sulfide) groups is 1. The predicted octanol–water partition coefficient (Wildman–Crippen LogP) is 0.754. The molecule has 0 radical (unpaired) electrons. The molecule has 0 spiro atoms. The van der Waals surface area contributed by atoms with E-state index in [-0.39, 0.29) is 5.24 Å². The summed E-state index contributed by atoms with van der Waals surface area (Å²) in [4.78, 5) is 48.2. The summed E-state index contributed by atoms with van der Waals surface area (Å²) in [5.74, 6) is 1.00. The van der Waals surface area contributed by atoms with Crippen LogP contribution >= 0.6 is 11.8 Å². The Bertz CT molecular complexity index is 1040. The van der Waals surface area contributed by atoms with Crippen molar-refractivity contribution in [1.29, 1.82) is 0 Å². The summed E-state index contributed by atoms with van der Waals surface area (Å²) in [7, 11) is 0. The number of hydrogen-bond acceptors (Lipinski definition) is 11. The van der Waals surface area contributed by atoms with Gasteiger partial charge < -0.3 is 19.4 Å². The van der Waals surface area contributed by atoms with Gasteiger partial charge in [0.05, 0.1) is 41.9 Å². The van der Waals surface area contributed by atoms with Crippen molar-refractivity contribution in [3.05, 3.63) is 35.4 Å². The maximum Gasteiger partial charge on any atom is 0.290 e. The van der Waals surface area contributed by atoms with Crippen LogP contribution in [-0.4, -0.2) is 83.6 Å². The van der Waals surface area contributed by atoms with Crippen LogP contribution in [0.3, 0.4) is 0 Å². The summed E-state index contributed by atoms with van der Waals surface area (Å²) in [5, 5.41) is 1.91. The molecule has 0 aromatic carbocycles. The van der Waals surface area contributed by atoms with Crippen LogP contribution < -0.4 is 20.0 Å². The van der Waals surface area contributed by atoms with E-state index >= 15 is 0 Å². The lowest BCUT2D eigenvalue weighted by Crippen LogP contribution is -2.47. The molecule has 11 nitrogen and oxygen atoms in total. The molecule has 3 fully saturated rings. The fourth-order valence-corrected chi connectivity index (χ4v) is 4.45. The average Bonchev–Trinajstić information content (AvgIpc) is 3.16. The number of nitrogens with zero attached hydrogens (tertiary/aromatic N) is 7. The molecule has 2 amide bonds. The first-order valence-electron chi connectivity index (χ1n) is 10.4. The van der Waals surface area contributed by atoms with Crippen molar-refractivity contribution in [1.82, 2.24) is 25.3 Å². The first-order chi connectivity index (χ1) is 15.7. The van der Waals surface area contributed by atoms with E-state index in [0.717, 1.165) is 62.5 Å². The molecule has 0 bridgehead atoms. The molecule has 3 aliphatic heterocycles. The van der Waals surface area contributed by atoms with E-state index in [1.165, 1.54) is 6.33 Å². The number of carbonyl (C=O) groups is 2. The summed E-state index contributed by atoms with van der Waals surface area (Å²) in [6.07, 6.45) is 6.80. The Labute approximate surface area is 188 Å². The molecular weight excluding hydrogens is 432 g/mol. The minimum atomic E-state index is -0.397. The van der Waals surface area contributed by atoms with Crippen molar-refractivity contribution in [2.75, 3.05) is 67.2 Å². The van der Waals surface area contributed by atoms with E-state index in [9.17, 15) is 9.59 Å². The van der Waals surface area contributed by atoms with Gasteiger partial charge in [0, 0.05) is 45.3 Å². The second-order valence-electron chi connectivity index (χ2n) is 7.47. The molecule has 0 aliphatic carbocycles. The van der Waals surface area contributed by atoms with E-state index in [2.05, 4.69) is 30.0 Å². The summed E-state index contributed by atoms with van der Waals surface area (Å²) in [6.45, 7) is 5.82. The van der Waals surface area contributed by atoms with Crippen molar-refractivity contribution in [3.8, 4) is 0 Å². The van der Waals surface area contributed by atoms with Crippen molar-refractivity contribution in [3.63, 3.8) is 0 Å². The summed E-state index contributed by atoms with van der Waals surface area (Å²) >= 11 is 0.885. The predicted molar refractivity (Wildman–Crippen MR) is 121 cm³/mol. The van der Waals surface area contributed by atoms with Gasteiger partial charge in [0.1, 0.15) is 12.1 Å². The highest BCUT2D eigenvalue weighted by atomic mass is 32.2. The third kappa shape index (κ3) is 4.50. The number of nitrogens with one attached hydrogen (secondary N) is 1. The van der Waals surface area contributed by atoms with Crippen molar-refractivity contribution >= 4 is 46.4 Å². The molecule has 0 unspecified atom stereocenters. The van der Waals surface area contributed by atoms with Crippen LogP contribution in [0.2, 0.25) is 0 Å². The monoisotopic (exact) mass is 454 g/mol. The van der Waals surface area contributed by atoms with Crippen LogP contribution in [0.25, 0.3) is 6.08 Å². The van der Waals surface area contributed by atoms with Crippen LogP contribution in [0.4, 0.5) is 22.2 Å². The molecular formula is C20H22N8O3S. The second-order valence-corrected chi connectivity index (χ2v) is 8.49. The van der Waals surface area contributed by atoms with Gasteiger partial charge in [-0.05, 0) is 17.8 Å². The lowest BCUT2D eigenvalue weighted by atomic mass is 10.3. The number of amides is 2. The van der Waals surface area contributed by atoms with Crippen LogP contribution in [0.15, 0.2) is 29.7 Å². The molecule has 2 aromatic rings. The molecule has 12 heteroatoms. The minimum Gasteiger partial charge on any atom is -0.378 e. The normalized spacial score (nSPS) is 20.8. The number of anilines is 3. The number of imide groups is 1. The Morgan fingerprint density at radius 1 is 0.938 bits per heavy atom. The van der Waals surface area contributed by atoms with E-state index in [1.54, 1.807) is 6.08 Å². The van der Waals surface area contributed by atoms with Gasteiger partial charge in [0.15, 0.2) is 0 Å². The highest BCUT2D eigenvalue weighted by molar-refractivity contribution is 8.18. The highest BCUT2D eigenvalue weighted by Gasteiger charge is 2.26. The number of ether oxygens (including phenoxy) is 1. The highest BCUT2D eigenvalue weighted by Crippen LogP contribution is 2.27. The largest absolute Gasteiger partial charge is 0.378 e. The fraction of sp³-hybridized carbons (Fsp3) is 0.400. The molecule has 166 valence electrons. The average molecular weight is 455 g/mol. The number of aromatic nitrogens is 4. The third-order valence-corrected chi connectivity index (χ3v) is 6.26. The molecule has 32 heavy (non-hydrogen) atoms. The van der Waals surface area contributed by atoms with Crippen molar-refractivity contribution < 1.29 is 14.3 Å². The van der Waals surface area contributed by atoms with Crippen LogP contribution in [0, 0.1) is 0 Å². The van der Waals surface area contributed by atoms with Gasteiger partial charge in [-0.1, -0.05) is 0 Å². The van der Waals surface area contributed by atoms with Gasteiger partial charge in [0.25, 0.3) is 11.1 Å². The van der Waals surface area contributed by atoms with Crippen LogP contribution in [-0.2, 0) is 9.53 Å². The Morgan fingerprint density at radius 2 is 1.66 bits per heavy atom. The molecule has 1 N–H and O–H groups in total. The second kappa shape index (κ2) is 9.09. The first kappa shape index (κ1) is 20.6. The minimum absolute atomic E-state index is 0.335. The topological polar surface area (TPSA) is 117 Å². The molecule has 5 rings (SSSR count). The molecule has 3 aliphatic rings. The van der Waals surface area contributed by atoms with Gasteiger partial charge in [-0.25, -0.2) is 15.0 Å². The van der Waals surface area contributed by atoms with Crippen molar-refractivity contribution in [2.45, 2.75) is 0 Å². The van der Waals surface area contributed by atoms with Crippen LogP contribution in [0.5, 0.6) is 0 Å². The Morgan fingerprint density at radius 3 is 2.34 bits per heavy atom. The number of carbonyl (C=O) groups excluding carboxylic acids is 2. The molecule has 2 aromatic heterocycles. The molecule has 0 saturated carbocycles. The Balaban J connectivity index is 1.40. The van der Waals surface area contributed by atoms with E-state index in [1.807, 2.05) is 18.5 Å². The quantitative estimate of drug-likeness (QED) is 0.660. The van der Waals surface area contributed by atoms with Gasteiger partial charge >= 0.3 is 0 Å². The summed E-state index contributed by atoms with van der Waals surface area (Å²) in [5.41, 5.74) is 1.59. The van der Waals surface area contributed by atoms with E-state index in [0.29, 0.717) is 29.8 Å². The zero-order valence-corrected chi connectivity index (χ0v) is 18.1. The van der Waals surface area contributed by atoms with Crippen LogP contribution in [0.1, 0.15) is 5.69 Å². The summed E-state index contributed by atoms with van der Waals surface area (Å²) in [6, 6.07) is 1.86. The van der Waals surface area contributed by atoms with Crippen molar-refractivity contribution in [2.24, 2.45) is 0 Å². The Kier molecular flexibility index (Phi) is 5.86. The van der Waals surface area contributed by atoms with E-state index in [4.69, 9.17) is 14.7 Å². The number of hydrogen-bond donors (Lipinski definition) is 1.